The molecule has 0 aromatic heterocycles. The summed E-state index contributed by atoms with van der Waals surface area (Å²) >= 11 is 0. The first-order chi connectivity index (χ1) is 13.0. The second-order valence-electron chi connectivity index (χ2n) is 8.28. The van der Waals surface area contributed by atoms with E-state index < -0.39 is 17.9 Å². The number of carbonyl (C=O) groups is 2. The van der Waals surface area contributed by atoms with E-state index in [4.69, 9.17) is 5.21 Å². The second-order valence-corrected chi connectivity index (χ2v) is 8.28. The van der Waals surface area contributed by atoms with Gasteiger partial charge in [0.2, 0.25) is 11.8 Å². The highest BCUT2D eigenvalue weighted by Crippen LogP contribution is 2.52. The van der Waals surface area contributed by atoms with Gasteiger partial charge in [0.15, 0.2) is 0 Å². The van der Waals surface area contributed by atoms with Crippen molar-refractivity contribution >= 4 is 17.4 Å². The first kappa shape index (κ1) is 18.2. The van der Waals surface area contributed by atoms with E-state index in [0.29, 0.717) is 19.5 Å². The summed E-state index contributed by atoms with van der Waals surface area (Å²) < 4.78 is 0. The molecule has 3 N–H and O–H groups in total. The molecule has 1 spiro atoms. The number of amides is 2. The van der Waals surface area contributed by atoms with Gasteiger partial charge in [-0.05, 0) is 49.2 Å². The van der Waals surface area contributed by atoms with Crippen molar-refractivity contribution in [1.82, 2.24) is 15.7 Å². The van der Waals surface area contributed by atoms with Gasteiger partial charge in [-0.1, -0.05) is 35.9 Å². The molecular formula is C21H27N3O3. The first-order valence-corrected chi connectivity index (χ1v) is 9.74. The Morgan fingerprint density at radius 2 is 2.15 bits per heavy atom. The molecule has 4 rings (SSSR count). The SMILES string of the molecule is Cc1cccc(C2=CCN(C(=O)C3NCC4(CC4)CC3C(=O)NO)CC2)c1. The van der Waals surface area contributed by atoms with Crippen LogP contribution < -0.4 is 10.8 Å². The summed E-state index contributed by atoms with van der Waals surface area (Å²) in [7, 11) is 0. The molecule has 6 heteroatoms. The zero-order chi connectivity index (χ0) is 19.0. The standard InChI is InChI=1S/C21H27N3O3/c1-14-3-2-4-16(11-14)15-5-9-24(10-6-15)20(26)18-17(19(25)23-27)12-21(7-8-21)13-22-18/h2-5,11,17-18,22,27H,6-10,12-13H2,1H3,(H,23,25). The van der Waals surface area contributed by atoms with Crippen molar-refractivity contribution in [3.8, 4) is 0 Å². The van der Waals surface area contributed by atoms with E-state index in [1.807, 2.05) is 4.90 Å². The summed E-state index contributed by atoms with van der Waals surface area (Å²) in [6.07, 6.45) is 5.76. The van der Waals surface area contributed by atoms with Crippen LogP contribution in [0.1, 0.15) is 36.8 Å². The number of benzene rings is 1. The molecule has 2 amide bonds. The highest BCUT2D eigenvalue weighted by Gasteiger charge is 2.52. The van der Waals surface area contributed by atoms with Crippen LogP contribution in [0.25, 0.3) is 5.57 Å². The van der Waals surface area contributed by atoms with Crippen molar-refractivity contribution in [2.75, 3.05) is 19.6 Å². The van der Waals surface area contributed by atoms with E-state index in [9.17, 15) is 9.59 Å². The van der Waals surface area contributed by atoms with Crippen LogP contribution in [0.4, 0.5) is 0 Å². The molecule has 27 heavy (non-hydrogen) atoms. The minimum atomic E-state index is -0.558. The fourth-order valence-corrected chi connectivity index (χ4v) is 4.44. The van der Waals surface area contributed by atoms with Crippen LogP contribution in [0.5, 0.6) is 0 Å². The smallest absolute Gasteiger partial charge is 0.248 e. The zero-order valence-corrected chi connectivity index (χ0v) is 15.7. The van der Waals surface area contributed by atoms with Crippen molar-refractivity contribution in [1.29, 1.82) is 0 Å². The molecule has 1 saturated carbocycles. The molecule has 2 atom stereocenters. The Bertz CT molecular complexity index is 785. The monoisotopic (exact) mass is 369 g/mol. The van der Waals surface area contributed by atoms with E-state index in [-0.39, 0.29) is 11.3 Å². The van der Waals surface area contributed by atoms with Crippen LogP contribution in [0.15, 0.2) is 30.3 Å². The average Bonchev–Trinajstić information content (AvgIpc) is 3.45. The third-order valence-corrected chi connectivity index (χ3v) is 6.33. The van der Waals surface area contributed by atoms with Crippen LogP contribution in [-0.4, -0.2) is 47.6 Å². The van der Waals surface area contributed by atoms with Crippen molar-refractivity contribution in [3.63, 3.8) is 0 Å². The number of aryl methyl sites for hydroxylation is 1. The largest absolute Gasteiger partial charge is 0.337 e. The quantitative estimate of drug-likeness (QED) is 0.561. The molecule has 1 saturated heterocycles. The van der Waals surface area contributed by atoms with Gasteiger partial charge < -0.3 is 10.2 Å². The maximum absolute atomic E-state index is 13.1. The molecule has 2 heterocycles. The van der Waals surface area contributed by atoms with Crippen LogP contribution in [-0.2, 0) is 9.59 Å². The van der Waals surface area contributed by atoms with Gasteiger partial charge in [0, 0.05) is 19.6 Å². The molecule has 2 unspecified atom stereocenters. The fourth-order valence-electron chi connectivity index (χ4n) is 4.44. The topological polar surface area (TPSA) is 81.7 Å². The molecular weight excluding hydrogens is 342 g/mol. The van der Waals surface area contributed by atoms with Gasteiger partial charge in [0.05, 0.1) is 12.0 Å². The molecule has 1 aliphatic carbocycles. The summed E-state index contributed by atoms with van der Waals surface area (Å²) in [6.45, 7) is 4.06. The first-order valence-electron chi connectivity index (χ1n) is 9.74. The van der Waals surface area contributed by atoms with Crippen molar-refractivity contribution in [2.24, 2.45) is 11.3 Å². The number of piperidine rings is 1. The van der Waals surface area contributed by atoms with Gasteiger partial charge in [-0.2, -0.15) is 0 Å². The third kappa shape index (κ3) is 3.64. The predicted octanol–water partition coefficient (Wildman–Crippen LogP) is 1.87. The van der Waals surface area contributed by atoms with Crippen LogP contribution in [0.3, 0.4) is 0 Å². The lowest BCUT2D eigenvalue weighted by Gasteiger charge is -2.38. The molecule has 0 bridgehead atoms. The molecule has 3 aliphatic rings. The number of hydroxylamine groups is 1. The highest BCUT2D eigenvalue weighted by molar-refractivity contribution is 5.90. The number of nitrogens with one attached hydrogen (secondary N) is 2. The van der Waals surface area contributed by atoms with Gasteiger partial charge in [-0.25, -0.2) is 5.48 Å². The Morgan fingerprint density at radius 3 is 2.78 bits per heavy atom. The van der Waals surface area contributed by atoms with Gasteiger partial charge >= 0.3 is 0 Å². The maximum atomic E-state index is 13.1. The van der Waals surface area contributed by atoms with Gasteiger partial charge in [0.1, 0.15) is 0 Å². The van der Waals surface area contributed by atoms with E-state index in [0.717, 1.165) is 25.8 Å². The number of hydrogen-bond acceptors (Lipinski definition) is 4. The minimum Gasteiger partial charge on any atom is -0.337 e. The number of carbonyl (C=O) groups excluding carboxylic acids is 2. The van der Waals surface area contributed by atoms with Crippen molar-refractivity contribution in [2.45, 2.75) is 38.6 Å². The highest BCUT2D eigenvalue weighted by atomic mass is 16.5. The van der Waals surface area contributed by atoms with Crippen molar-refractivity contribution in [3.05, 3.63) is 41.5 Å². The lowest BCUT2D eigenvalue weighted by molar-refractivity contribution is -0.144. The summed E-state index contributed by atoms with van der Waals surface area (Å²) in [5, 5.41) is 12.4. The average molecular weight is 369 g/mol. The lowest BCUT2D eigenvalue weighted by atomic mass is 9.81. The summed E-state index contributed by atoms with van der Waals surface area (Å²) in [4.78, 5) is 27.1. The Labute approximate surface area is 159 Å². The normalized spacial score (nSPS) is 26.4. The molecule has 1 aromatic rings. The Kier molecular flexibility index (Phi) is 4.78. The number of rotatable bonds is 3. The van der Waals surface area contributed by atoms with Crippen molar-refractivity contribution < 1.29 is 14.8 Å². The Morgan fingerprint density at radius 1 is 1.33 bits per heavy atom. The van der Waals surface area contributed by atoms with Gasteiger partial charge in [-0.3, -0.25) is 14.8 Å². The van der Waals surface area contributed by atoms with E-state index in [1.165, 1.54) is 16.7 Å². The second kappa shape index (κ2) is 7.09. The Hall–Kier alpha value is -2.18. The fraction of sp³-hybridized carbons (Fsp3) is 0.524. The molecule has 1 aromatic carbocycles. The van der Waals surface area contributed by atoms with Crippen LogP contribution in [0, 0.1) is 18.3 Å². The third-order valence-electron chi connectivity index (χ3n) is 6.33. The number of hydrogen-bond donors (Lipinski definition) is 3. The van der Waals surface area contributed by atoms with E-state index >= 15 is 0 Å². The number of nitrogens with zero attached hydrogens (tertiary/aromatic N) is 1. The molecule has 2 fully saturated rings. The van der Waals surface area contributed by atoms with E-state index in [2.05, 4.69) is 42.6 Å². The maximum Gasteiger partial charge on any atom is 0.248 e. The summed E-state index contributed by atoms with van der Waals surface area (Å²) in [5.74, 6) is -1.01. The van der Waals surface area contributed by atoms with Crippen LogP contribution in [0.2, 0.25) is 0 Å². The van der Waals surface area contributed by atoms with Crippen LogP contribution >= 0.6 is 0 Å². The molecule has 6 nitrogen and oxygen atoms in total. The van der Waals surface area contributed by atoms with E-state index in [1.54, 1.807) is 5.48 Å². The lowest BCUT2D eigenvalue weighted by Crippen LogP contribution is -2.59. The van der Waals surface area contributed by atoms with Gasteiger partial charge in [-0.15, -0.1) is 0 Å². The zero-order valence-electron chi connectivity index (χ0n) is 15.7. The minimum absolute atomic E-state index is 0.0429. The molecule has 144 valence electrons. The summed E-state index contributed by atoms with van der Waals surface area (Å²) in [5.41, 5.74) is 5.61. The molecule has 2 aliphatic heterocycles. The molecule has 0 radical (unpaired) electrons. The predicted molar refractivity (Wildman–Crippen MR) is 102 cm³/mol. The van der Waals surface area contributed by atoms with Gasteiger partial charge in [0.25, 0.3) is 0 Å². The summed E-state index contributed by atoms with van der Waals surface area (Å²) in [6, 6.07) is 7.85. The Balaban J connectivity index is 1.45.